The Bertz CT molecular complexity index is 2220. The second-order valence-electron chi connectivity index (χ2n) is 11.7. The lowest BCUT2D eigenvalue weighted by Crippen LogP contribution is -2.20. The Morgan fingerprint density at radius 2 is 1.25 bits per heavy atom. The van der Waals surface area contributed by atoms with E-state index in [4.69, 9.17) is 9.98 Å². The van der Waals surface area contributed by atoms with Gasteiger partial charge in [0.15, 0.2) is 0 Å². The summed E-state index contributed by atoms with van der Waals surface area (Å²) in [6.07, 6.45) is 2.08. The molecule has 2 heterocycles. The first-order valence-electron chi connectivity index (χ1n) is 15.4. The maximum atomic E-state index is 5.43. The van der Waals surface area contributed by atoms with Gasteiger partial charge in [0.05, 0.1) is 22.4 Å². The van der Waals surface area contributed by atoms with Crippen LogP contribution in [0.3, 0.4) is 0 Å². The average molecular weight is 564 g/mol. The van der Waals surface area contributed by atoms with Gasteiger partial charge in [0.1, 0.15) is 5.82 Å². The number of aliphatic imine (C=N–C) groups is 1. The maximum Gasteiger partial charge on any atom is 0.145 e. The Kier molecular flexibility index (Phi) is 5.70. The molecule has 7 aromatic rings. The van der Waals surface area contributed by atoms with Gasteiger partial charge in [-0.25, -0.2) is 4.98 Å². The van der Waals surface area contributed by atoms with Gasteiger partial charge in [-0.2, -0.15) is 0 Å². The molecule has 0 saturated heterocycles. The molecule has 0 spiro atoms. The highest BCUT2D eigenvalue weighted by molar-refractivity contribution is 6.14. The van der Waals surface area contributed by atoms with Crippen LogP contribution in [0.4, 0.5) is 5.69 Å². The third kappa shape index (κ3) is 3.97. The molecule has 1 unspecified atom stereocenters. The first-order chi connectivity index (χ1) is 21.8. The van der Waals surface area contributed by atoms with Crippen molar-refractivity contribution in [2.45, 2.75) is 18.8 Å². The molecule has 1 aliphatic heterocycles. The molecule has 2 aliphatic rings. The number of benzene rings is 6. The van der Waals surface area contributed by atoms with Crippen LogP contribution < -0.4 is 0 Å². The Morgan fingerprint density at radius 3 is 2.11 bits per heavy atom. The van der Waals surface area contributed by atoms with Crippen LogP contribution in [0.15, 0.2) is 151 Å². The van der Waals surface area contributed by atoms with E-state index in [9.17, 15) is 0 Å². The van der Waals surface area contributed by atoms with Crippen molar-refractivity contribution in [3.8, 4) is 39.3 Å². The molecule has 0 amide bonds. The zero-order valence-corrected chi connectivity index (χ0v) is 24.2. The molecule has 208 valence electrons. The largest absolute Gasteiger partial charge is 0.292 e. The molecule has 0 saturated carbocycles. The summed E-state index contributed by atoms with van der Waals surface area (Å²) in [6.45, 7) is 0. The minimum absolute atomic E-state index is 0.306. The molecule has 0 radical (unpaired) electrons. The molecule has 3 nitrogen and oxygen atoms in total. The van der Waals surface area contributed by atoms with Crippen LogP contribution in [-0.2, 0) is 6.42 Å². The molecule has 1 aromatic heterocycles. The van der Waals surface area contributed by atoms with Crippen molar-refractivity contribution in [2.75, 3.05) is 0 Å². The van der Waals surface area contributed by atoms with E-state index >= 15 is 0 Å². The summed E-state index contributed by atoms with van der Waals surface area (Å²) in [5.74, 6) is 1.25. The number of rotatable bonds is 3. The zero-order valence-electron chi connectivity index (χ0n) is 24.2. The summed E-state index contributed by atoms with van der Waals surface area (Å²) in [6, 6.07) is 52.1. The van der Waals surface area contributed by atoms with Crippen LogP contribution in [0.2, 0.25) is 0 Å². The molecule has 9 rings (SSSR count). The lowest BCUT2D eigenvalue weighted by molar-refractivity contribution is 0.774. The monoisotopic (exact) mass is 563 g/mol. The summed E-state index contributed by atoms with van der Waals surface area (Å²) in [4.78, 5) is 10.5. The van der Waals surface area contributed by atoms with Gasteiger partial charge < -0.3 is 0 Å². The zero-order chi connectivity index (χ0) is 29.0. The van der Waals surface area contributed by atoms with E-state index < -0.39 is 0 Å². The van der Waals surface area contributed by atoms with Crippen molar-refractivity contribution in [1.29, 1.82) is 0 Å². The fourth-order valence-electron chi connectivity index (χ4n) is 7.11. The Morgan fingerprint density at radius 1 is 0.568 bits per heavy atom. The Hall–Kier alpha value is -5.54. The van der Waals surface area contributed by atoms with Crippen molar-refractivity contribution in [3.05, 3.63) is 162 Å². The molecule has 0 fully saturated rings. The van der Waals surface area contributed by atoms with Gasteiger partial charge in [0.25, 0.3) is 0 Å². The highest BCUT2D eigenvalue weighted by Gasteiger charge is 2.31. The van der Waals surface area contributed by atoms with Crippen molar-refractivity contribution in [1.82, 2.24) is 9.55 Å². The topological polar surface area (TPSA) is 30.2 Å². The number of nitrogens with zero attached hydrogens (tertiary/aromatic N) is 3. The highest BCUT2D eigenvalue weighted by Crippen LogP contribution is 2.45. The summed E-state index contributed by atoms with van der Waals surface area (Å²) in [7, 11) is 0. The van der Waals surface area contributed by atoms with Gasteiger partial charge in [0, 0.05) is 22.7 Å². The summed E-state index contributed by atoms with van der Waals surface area (Å²) in [5.41, 5.74) is 15.5. The van der Waals surface area contributed by atoms with Gasteiger partial charge >= 0.3 is 0 Å². The van der Waals surface area contributed by atoms with Crippen molar-refractivity contribution in [2.24, 2.45) is 4.99 Å². The lowest BCUT2D eigenvalue weighted by Gasteiger charge is -2.28. The summed E-state index contributed by atoms with van der Waals surface area (Å²) >= 11 is 0. The van der Waals surface area contributed by atoms with E-state index in [0.717, 1.165) is 46.6 Å². The second-order valence-corrected chi connectivity index (χ2v) is 11.7. The number of imidazole rings is 1. The summed E-state index contributed by atoms with van der Waals surface area (Å²) in [5, 5.41) is 0. The SMILES string of the molecule is c1ccc(-n2c(-c3ccc(-c4ccc5c(c4)N=C4c6ccccc6-c6ccccc6C4CC5)cc3)nc3ccccc32)cc1. The quantitative estimate of drug-likeness (QED) is 0.210. The number of fused-ring (bicyclic) bond motifs is 8. The third-order valence-corrected chi connectivity index (χ3v) is 9.24. The maximum absolute atomic E-state index is 5.43. The predicted molar refractivity (Wildman–Crippen MR) is 181 cm³/mol. The Labute approximate surface area is 256 Å². The van der Waals surface area contributed by atoms with Crippen LogP contribution in [0.1, 0.15) is 29.0 Å². The van der Waals surface area contributed by atoms with Gasteiger partial charge in [-0.05, 0) is 76.6 Å². The number of para-hydroxylation sites is 3. The molecule has 6 aromatic carbocycles. The van der Waals surface area contributed by atoms with Crippen LogP contribution in [0.25, 0.3) is 50.4 Å². The first kappa shape index (κ1) is 25.0. The molecular weight excluding hydrogens is 534 g/mol. The minimum Gasteiger partial charge on any atom is -0.292 e. The van der Waals surface area contributed by atoms with Gasteiger partial charge in [0.2, 0.25) is 0 Å². The molecule has 1 atom stereocenters. The molecule has 1 aliphatic carbocycles. The fraction of sp³-hybridized carbons (Fsp3) is 0.0732. The molecule has 3 heteroatoms. The molecular formula is C41H29N3. The van der Waals surface area contributed by atoms with E-state index in [1.165, 1.54) is 44.7 Å². The van der Waals surface area contributed by atoms with E-state index in [1.54, 1.807) is 0 Å². The van der Waals surface area contributed by atoms with Gasteiger partial charge in [-0.15, -0.1) is 0 Å². The molecule has 0 N–H and O–H groups in total. The van der Waals surface area contributed by atoms with E-state index in [2.05, 4.69) is 144 Å². The van der Waals surface area contributed by atoms with Crippen molar-refractivity contribution >= 4 is 22.4 Å². The number of aromatic nitrogens is 2. The highest BCUT2D eigenvalue weighted by atomic mass is 15.1. The van der Waals surface area contributed by atoms with E-state index in [1.807, 2.05) is 6.07 Å². The van der Waals surface area contributed by atoms with E-state index in [0.29, 0.717) is 5.92 Å². The van der Waals surface area contributed by atoms with Gasteiger partial charge in [-0.1, -0.05) is 115 Å². The van der Waals surface area contributed by atoms with Gasteiger partial charge in [-0.3, -0.25) is 9.56 Å². The van der Waals surface area contributed by atoms with Crippen molar-refractivity contribution < 1.29 is 0 Å². The normalized spacial score (nSPS) is 15.0. The number of hydrogen-bond acceptors (Lipinski definition) is 2. The predicted octanol–water partition coefficient (Wildman–Crippen LogP) is 10.2. The molecule has 44 heavy (non-hydrogen) atoms. The number of hydrogen-bond donors (Lipinski definition) is 0. The lowest BCUT2D eigenvalue weighted by atomic mass is 9.75. The second kappa shape index (κ2) is 10.0. The van der Waals surface area contributed by atoms with Crippen LogP contribution in [0.5, 0.6) is 0 Å². The van der Waals surface area contributed by atoms with E-state index in [-0.39, 0.29) is 0 Å². The minimum atomic E-state index is 0.306. The smallest absolute Gasteiger partial charge is 0.145 e. The van der Waals surface area contributed by atoms with Crippen LogP contribution in [0, 0.1) is 0 Å². The summed E-state index contributed by atoms with van der Waals surface area (Å²) < 4.78 is 2.25. The fourth-order valence-corrected chi connectivity index (χ4v) is 7.11. The third-order valence-electron chi connectivity index (χ3n) is 9.24. The number of aryl methyl sites for hydroxylation is 1. The van der Waals surface area contributed by atoms with Crippen LogP contribution >= 0.6 is 0 Å². The Balaban J connectivity index is 1.11. The van der Waals surface area contributed by atoms with Crippen LogP contribution in [-0.4, -0.2) is 15.3 Å². The molecule has 0 bridgehead atoms. The first-order valence-corrected chi connectivity index (χ1v) is 15.4. The average Bonchev–Trinajstić information content (AvgIpc) is 3.37. The standard InChI is InChI=1S/C41H29N3/c1-2-10-31(11-3-1)44-39-17-9-8-16-37(39)43-41(44)29-21-18-27(19-22-29)30-23-20-28-24-25-36-34-14-5-4-12-32(34)33-13-6-7-15-35(33)40(36)42-38(28)26-30/h1-23,26,36H,24-25H2. The van der Waals surface area contributed by atoms with Crippen molar-refractivity contribution in [3.63, 3.8) is 0 Å².